The Balaban J connectivity index is 1.49. The summed E-state index contributed by atoms with van der Waals surface area (Å²) < 4.78 is 1.27. The number of primary amides is 1. The molecule has 0 unspecified atom stereocenters. The first-order valence-electron chi connectivity index (χ1n) is 10.3. The number of para-hydroxylation sites is 1. The number of aryl methyl sites for hydroxylation is 1. The van der Waals surface area contributed by atoms with Gasteiger partial charge in [-0.05, 0) is 36.6 Å². The fourth-order valence-electron chi connectivity index (χ4n) is 4.17. The Bertz CT molecular complexity index is 1190. The van der Waals surface area contributed by atoms with E-state index in [0.717, 1.165) is 5.56 Å². The van der Waals surface area contributed by atoms with Crippen LogP contribution in [0.2, 0.25) is 5.02 Å². The number of fused-ring (bicyclic) bond motifs is 1. The Morgan fingerprint density at radius 1 is 1.12 bits per heavy atom. The van der Waals surface area contributed by atoms with Gasteiger partial charge in [0.15, 0.2) is 5.78 Å². The summed E-state index contributed by atoms with van der Waals surface area (Å²) in [7, 11) is 0. The lowest BCUT2D eigenvalue weighted by molar-refractivity contribution is -0.122. The molecule has 166 valence electrons. The molecule has 9 heteroatoms. The molecule has 0 spiro atoms. The van der Waals surface area contributed by atoms with E-state index in [1.807, 2.05) is 18.2 Å². The van der Waals surface area contributed by atoms with Crippen molar-refractivity contribution in [2.24, 2.45) is 11.5 Å². The van der Waals surface area contributed by atoms with E-state index in [2.05, 4.69) is 5.32 Å². The number of ketones is 1. The molecule has 1 fully saturated rings. The summed E-state index contributed by atoms with van der Waals surface area (Å²) in [6, 6.07) is 12.5. The molecule has 0 saturated carbocycles. The number of rotatable bonds is 5. The van der Waals surface area contributed by atoms with Gasteiger partial charge in [-0.3, -0.25) is 9.36 Å². The second kappa shape index (κ2) is 9.02. The highest BCUT2D eigenvalue weighted by Crippen LogP contribution is 2.27. The monoisotopic (exact) mass is 453 g/mol. The standard InChI is InChI=1S/C23H24ClN5O3/c24-15-5-3-4-14(10-15)8-9-21(30)20-11-16(25)12-29(20)23(32)27-18-13-28(22(26)31)19-7-2-1-6-17(18)19/h1-7,10,13,16,20H,8-9,11-12,25H2,(H2,26,31)(H,27,32)/t16-,20-/m0/s1. The van der Waals surface area contributed by atoms with Crippen LogP contribution in [0.5, 0.6) is 0 Å². The number of hydrogen-bond donors (Lipinski definition) is 3. The van der Waals surface area contributed by atoms with Crippen LogP contribution in [-0.2, 0) is 11.2 Å². The maximum Gasteiger partial charge on any atom is 0.323 e. The van der Waals surface area contributed by atoms with Crippen LogP contribution in [0.3, 0.4) is 0 Å². The Morgan fingerprint density at radius 3 is 2.66 bits per heavy atom. The number of benzene rings is 2. The van der Waals surface area contributed by atoms with Crippen LogP contribution in [0.4, 0.5) is 15.3 Å². The topological polar surface area (TPSA) is 123 Å². The second-order valence-corrected chi connectivity index (χ2v) is 8.39. The summed E-state index contributed by atoms with van der Waals surface area (Å²) in [6.45, 7) is 0.272. The highest BCUT2D eigenvalue weighted by atomic mass is 35.5. The second-order valence-electron chi connectivity index (χ2n) is 7.96. The van der Waals surface area contributed by atoms with Gasteiger partial charge in [-0.15, -0.1) is 0 Å². The number of carbonyl (C=O) groups excluding carboxylic acids is 3. The van der Waals surface area contributed by atoms with E-state index >= 15 is 0 Å². The zero-order valence-corrected chi connectivity index (χ0v) is 18.1. The Hall–Kier alpha value is -3.36. The minimum Gasteiger partial charge on any atom is -0.351 e. The van der Waals surface area contributed by atoms with Gasteiger partial charge in [0.05, 0.1) is 17.2 Å². The fraction of sp³-hybridized carbons (Fsp3) is 0.261. The van der Waals surface area contributed by atoms with Crippen molar-refractivity contribution in [1.29, 1.82) is 0 Å². The predicted octanol–water partition coefficient (Wildman–Crippen LogP) is 3.36. The van der Waals surface area contributed by atoms with Gasteiger partial charge in [0, 0.05) is 35.6 Å². The van der Waals surface area contributed by atoms with Crippen LogP contribution in [-0.4, -0.2) is 45.9 Å². The third-order valence-corrected chi connectivity index (χ3v) is 5.94. The van der Waals surface area contributed by atoms with Gasteiger partial charge >= 0.3 is 12.1 Å². The van der Waals surface area contributed by atoms with Gasteiger partial charge in [0.1, 0.15) is 0 Å². The Morgan fingerprint density at radius 2 is 1.91 bits per heavy atom. The lowest BCUT2D eigenvalue weighted by atomic mass is 10.0. The molecule has 2 aromatic carbocycles. The summed E-state index contributed by atoms with van der Waals surface area (Å²) in [5.41, 5.74) is 13.5. The van der Waals surface area contributed by atoms with Gasteiger partial charge in [-0.25, -0.2) is 9.59 Å². The van der Waals surface area contributed by atoms with E-state index in [4.69, 9.17) is 23.1 Å². The van der Waals surface area contributed by atoms with Gasteiger partial charge in [0.2, 0.25) is 0 Å². The third kappa shape index (κ3) is 4.46. The summed E-state index contributed by atoms with van der Waals surface area (Å²) >= 11 is 6.02. The van der Waals surface area contributed by atoms with Gasteiger partial charge in [-0.2, -0.15) is 0 Å². The largest absolute Gasteiger partial charge is 0.351 e. The highest BCUT2D eigenvalue weighted by molar-refractivity contribution is 6.30. The number of nitrogens with two attached hydrogens (primary N) is 2. The zero-order chi connectivity index (χ0) is 22.8. The minimum absolute atomic E-state index is 0.0485. The van der Waals surface area contributed by atoms with Crippen LogP contribution in [0, 0.1) is 0 Å². The van der Waals surface area contributed by atoms with E-state index < -0.39 is 18.1 Å². The summed E-state index contributed by atoms with van der Waals surface area (Å²) in [6.07, 6.45) is 2.71. The number of nitrogens with one attached hydrogen (secondary N) is 1. The molecule has 1 aromatic heterocycles. The van der Waals surface area contributed by atoms with Crippen molar-refractivity contribution in [3.8, 4) is 0 Å². The van der Waals surface area contributed by atoms with Gasteiger partial charge < -0.3 is 21.7 Å². The van der Waals surface area contributed by atoms with E-state index in [9.17, 15) is 14.4 Å². The van der Waals surface area contributed by atoms with Crippen molar-refractivity contribution in [3.05, 3.63) is 65.3 Å². The molecule has 2 atom stereocenters. The zero-order valence-electron chi connectivity index (χ0n) is 17.3. The van der Waals surface area contributed by atoms with Crippen molar-refractivity contribution >= 4 is 46.0 Å². The third-order valence-electron chi connectivity index (χ3n) is 5.71. The van der Waals surface area contributed by atoms with E-state index in [1.165, 1.54) is 15.7 Å². The lowest BCUT2D eigenvalue weighted by Crippen LogP contribution is -2.43. The van der Waals surface area contributed by atoms with Crippen molar-refractivity contribution < 1.29 is 14.4 Å². The first-order chi connectivity index (χ1) is 15.3. The quantitative estimate of drug-likeness (QED) is 0.548. The number of hydrogen-bond acceptors (Lipinski definition) is 4. The van der Waals surface area contributed by atoms with Crippen LogP contribution in [0.25, 0.3) is 10.9 Å². The fourth-order valence-corrected chi connectivity index (χ4v) is 4.39. The molecular weight excluding hydrogens is 430 g/mol. The summed E-state index contributed by atoms with van der Waals surface area (Å²) in [5.74, 6) is -0.0485. The van der Waals surface area contributed by atoms with E-state index in [0.29, 0.717) is 34.5 Å². The normalized spacial score (nSPS) is 18.1. The number of Topliss-reactive ketones (excluding diaryl/α,β-unsaturated/α-hetero) is 1. The number of halogens is 1. The first-order valence-corrected chi connectivity index (χ1v) is 10.7. The van der Waals surface area contributed by atoms with Crippen LogP contribution < -0.4 is 16.8 Å². The predicted molar refractivity (Wildman–Crippen MR) is 124 cm³/mol. The molecule has 3 amide bonds. The maximum atomic E-state index is 13.1. The molecule has 2 heterocycles. The molecular formula is C23H24ClN5O3. The molecule has 0 aliphatic carbocycles. The molecule has 1 aliphatic heterocycles. The molecule has 4 rings (SSSR count). The van der Waals surface area contributed by atoms with E-state index in [-0.39, 0.29) is 24.8 Å². The number of anilines is 1. The Labute approximate surface area is 190 Å². The van der Waals surface area contributed by atoms with Crippen LogP contribution in [0.1, 0.15) is 18.4 Å². The smallest absolute Gasteiger partial charge is 0.323 e. The molecule has 5 N–H and O–H groups in total. The van der Waals surface area contributed by atoms with Crippen LogP contribution >= 0.6 is 11.6 Å². The number of likely N-dealkylation sites (tertiary alicyclic amines) is 1. The average molecular weight is 454 g/mol. The molecule has 32 heavy (non-hydrogen) atoms. The number of aromatic nitrogens is 1. The molecule has 1 saturated heterocycles. The lowest BCUT2D eigenvalue weighted by Gasteiger charge is -2.23. The Kier molecular flexibility index (Phi) is 6.16. The molecule has 1 aliphatic rings. The summed E-state index contributed by atoms with van der Waals surface area (Å²) in [5, 5.41) is 4.11. The van der Waals surface area contributed by atoms with Gasteiger partial charge in [0.25, 0.3) is 0 Å². The minimum atomic E-state index is -0.654. The first kappa shape index (κ1) is 21.9. The molecule has 3 aromatic rings. The molecule has 0 radical (unpaired) electrons. The number of urea groups is 1. The van der Waals surface area contributed by atoms with Crippen molar-refractivity contribution in [2.75, 3.05) is 11.9 Å². The van der Waals surface area contributed by atoms with Crippen LogP contribution in [0.15, 0.2) is 54.7 Å². The number of nitrogens with zero attached hydrogens (tertiary/aromatic N) is 2. The van der Waals surface area contributed by atoms with Crippen molar-refractivity contribution in [1.82, 2.24) is 9.47 Å². The number of carbonyl (C=O) groups is 3. The van der Waals surface area contributed by atoms with E-state index in [1.54, 1.807) is 30.3 Å². The average Bonchev–Trinajstić information content (AvgIpc) is 3.33. The number of amides is 3. The van der Waals surface area contributed by atoms with Crippen molar-refractivity contribution in [2.45, 2.75) is 31.3 Å². The molecule has 8 nitrogen and oxygen atoms in total. The molecule has 0 bridgehead atoms. The SMILES string of the molecule is NC(=O)n1cc(NC(=O)N2C[C@@H](N)C[C@H]2C(=O)CCc2cccc(Cl)c2)c2ccccc21. The highest BCUT2D eigenvalue weighted by Gasteiger charge is 2.38. The maximum absolute atomic E-state index is 13.1. The van der Waals surface area contributed by atoms with Crippen molar-refractivity contribution in [3.63, 3.8) is 0 Å². The summed E-state index contributed by atoms with van der Waals surface area (Å²) in [4.78, 5) is 39.3. The van der Waals surface area contributed by atoms with Gasteiger partial charge in [-0.1, -0.05) is 41.9 Å².